The number of aryl methyl sites for hydroxylation is 1. The molecule has 3 aromatic rings. The largest absolute Gasteiger partial charge is 0.454 e. The lowest BCUT2D eigenvalue weighted by Gasteiger charge is -2.19. The molecule has 0 bridgehead atoms. The molecule has 28 heavy (non-hydrogen) atoms. The van der Waals surface area contributed by atoms with Crippen molar-refractivity contribution in [1.29, 1.82) is 0 Å². The Morgan fingerprint density at radius 1 is 1.11 bits per heavy atom. The van der Waals surface area contributed by atoms with Crippen molar-refractivity contribution in [3.63, 3.8) is 0 Å². The first kappa shape index (κ1) is 18.5. The Labute approximate surface area is 168 Å². The average molecular weight is 396 g/mol. The minimum absolute atomic E-state index is 0.0486. The molecule has 2 atom stereocenters. The van der Waals surface area contributed by atoms with Crippen LogP contribution in [0.1, 0.15) is 29.0 Å². The maximum atomic E-state index is 12.8. The number of quaternary nitrogens is 1. The van der Waals surface area contributed by atoms with Gasteiger partial charge in [0.15, 0.2) is 17.5 Å². The molecule has 4 rings (SSSR count). The van der Waals surface area contributed by atoms with E-state index < -0.39 is 0 Å². The Balaban J connectivity index is 1.48. The van der Waals surface area contributed by atoms with E-state index in [0.29, 0.717) is 17.2 Å². The second-order valence-electron chi connectivity index (χ2n) is 6.94. The van der Waals surface area contributed by atoms with Crippen LogP contribution in [0.4, 0.5) is 5.69 Å². The first-order valence-electron chi connectivity index (χ1n) is 9.25. The number of carbonyl (C=O) groups is 1. The fourth-order valence-electron chi connectivity index (χ4n) is 3.22. The van der Waals surface area contributed by atoms with Crippen molar-refractivity contribution in [1.82, 2.24) is 0 Å². The number of amides is 1. The fourth-order valence-corrected chi connectivity index (χ4v) is 4.05. The average Bonchev–Trinajstić information content (AvgIpc) is 3.38. The predicted molar refractivity (Wildman–Crippen MR) is 110 cm³/mol. The summed E-state index contributed by atoms with van der Waals surface area (Å²) in [6, 6.07) is 17.9. The molecule has 0 saturated heterocycles. The van der Waals surface area contributed by atoms with Crippen LogP contribution in [0.5, 0.6) is 11.5 Å². The van der Waals surface area contributed by atoms with E-state index in [-0.39, 0.29) is 24.8 Å². The van der Waals surface area contributed by atoms with E-state index in [4.69, 9.17) is 9.47 Å². The van der Waals surface area contributed by atoms with Gasteiger partial charge >= 0.3 is 0 Å². The van der Waals surface area contributed by atoms with Gasteiger partial charge in [-0.1, -0.05) is 35.9 Å². The Morgan fingerprint density at radius 3 is 2.64 bits per heavy atom. The van der Waals surface area contributed by atoms with Gasteiger partial charge in [-0.15, -0.1) is 11.3 Å². The zero-order valence-electron chi connectivity index (χ0n) is 15.8. The van der Waals surface area contributed by atoms with Crippen LogP contribution in [0.25, 0.3) is 0 Å². The summed E-state index contributed by atoms with van der Waals surface area (Å²) < 4.78 is 10.7. The highest BCUT2D eigenvalue weighted by Crippen LogP contribution is 2.34. The number of hydrogen-bond donors (Lipinski definition) is 2. The summed E-state index contributed by atoms with van der Waals surface area (Å²) in [5, 5.41) is 7.16. The van der Waals surface area contributed by atoms with Crippen LogP contribution in [0.15, 0.2) is 60.0 Å². The summed E-state index contributed by atoms with van der Waals surface area (Å²) >= 11 is 1.71. The van der Waals surface area contributed by atoms with Gasteiger partial charge in [-0.25, -0.2) is 0 Å². The molecule has 5 nitrogen and oxygen atoms in total. The van der Waals surface area contributed by atoms with Crippen molar-refractivity contribution in [2.75, 3.05) is 12.1 Å². The molecule has 0 aliphatic carbocycles. The second kappa shape index (κ2) is 8.04. The molecular formula is C22H23N2O3S+. The lowest BCUT2D eigenvalue weighted by atomic mass is 10.0. The van der Waals surface area contributed by atoms with E-state index in [1.165, 1.54) is 16.0 Å². The normalized spacial score (nSPS) is 14.5. The Bertz CT molecular complexity index is 954. The van der Waals surface area contributed by atoms with Gasteiger partial charge in [-0.05, 0) is 37.4 Å². The van der Waals surface area contributed by atoms with Crippen LogP contribution in [-0.2, 0) is 4.79 Å². The van der Waals surface area contributed by atoms with Crippen LogP contribution in [0, 0.1) is 6.92 Å². The highest BCUT2D eigenvalue weighted by Gasteiger charge is 2.26. The molecule has 3 N–H and O–H groups in total. The predicted octanol–water partition coefficient (Wildman–Crippen LogP) is 3.47. The smallest absolute Gasteiger partial charge is 0.282 e. The number of nitrogens with two attached hydrogens (primary N) is 1. The van der Waals surface area contributed by atoms with E-state index >= 15 is 0 Å². The molecule has 0 fully saturated rings. The molecule has 6 heteroatoms. The van der Waals surface area contributed by atoms with Crippen LogP contribution < -0.4 is 20.1 Å². The number of fused-ring (bicyclic) bond motifs is 1. The third-order valence-corrected chi connectivity index (χ3v) is 5.78. The molecular weight excluding hydrogens is 372 g/mol. The summed E-state index contributed by atoms with van der Waals surface area (Å²) in [6.07, 6.45) is 0. The first-order chi connectivity index (χ1) is 13.6. The van der Waals surface area contributed by atoms with Crippen molar-refractivity contribution >= 4 is 22.9 Å². The number of benzene rings is 2. The van der Waals surface area contributed by atoms with E-state index in [1.807, 2.05) is 25.1 Å². The van der Waals surface area contributed by atoms with Gasteiger partial charge in [0.05, 0.1) is 4.88 Å². The maximum absolute atomic E-state index is 12.8. The van der Waals surface area contributed by atoms with Gasteiger partial charge in [-0.3, -0.25) is 4.79 Å². The molecule has 0 spiro atoms. The number of anilines is 1. The molecule has 1 aromatic heterocycles. The molecule has 1 amide bonds. The number of ether oxygens (including phenoxy) is 2. The fraction of sp³-hybridized carbons (Fsp3) is 0.227. The lowest BCUT2D eigenvalue weighted by molar-refractivity contribution is -0.703. The number of rotatable bonds is 6. The number of carbonyl (C=O) groups excluding carboxylic acids is 1. The molecule has 0 radical (unpaired) electrons. The molecule has 0 unspecified atom stereocenters. The SMILES string of the molecule is Cc1ccc([C@@H]([NH2+][C@H](C)C(=O)Nc2ccc3c(c2)OCO3)c2cccs2)cc1. The molecule has 0 saturated carbocycles. The van der Waals surface area contributed by atoms with Crippen LogP contribution in [-0.4, -0.2) is 18.7 Å². The van der Waals surface area contributed by atoms with E-state index in [9.17, 15) is 4.79 Å². The topological polar surface area (TPSA) is 64.2 Å². The molecule has 1 aliphatic rings. The number of hydrogen-bond acceptors (Lipinski definition) is 4. The molecule has 1 aliphatic heterocycles. The van der Waals surface area contributed by atoms with Crippen molar-refractivity contribution in [2.45, 2.75) is 25.9 Å². The van der Waals surface area contributed by atoms with Crippen molar-refractivity contribution in [3.05, 3.63) is 76.0 Å². The van der Waals surface area contributed by atoms with E-state index in [1.54, 1.807) is 17.4 Å². The van der Waals surface area contributed by atoms with Crippen molar-refractivity contribution in [2.24, 2.45) is 0 Å². The lowest BCUT2D eigenvalue weighted by Crippen LogP contribution is -2.92. The second-order valence-corrected chi connectivity index (χ2v) is 7.92. The van der Waals surface area contributed by atoms with Gasteiger partial charge in [0, 0.05) is 17.3 Å². The standard InChI is InChI=1S/C22H22N2O3S/c1-14-5-7-16(8-6-14)21(20-4-3-11-28-20)23-15(2)22(25)24-17-9-10-18-19(12-17)27-13-26-18/h3-12,15,21,23H,13H2,1-2H3,(H,24,25)/p+1/t15-,21-/m1/s1. The Morgan fingerprint density at radius 2 is 1.89 bits per heavy atom. The molecule has 2 aromatic carbocycles. The number of nitrogens with one attached hydrogen (secondary N) is 1. The van der Waals surface area contributed by atoms with E-state index in [0.717, 1.165) is 0 Å². The van der Waals surface area contributed by atoms with Crippen LogP contribution in [0.2, 0.25) is 0 Å². The summed E-state index contributed by atoms with van der Waals surface area (Å²) in [4.78, 5) is 14.0. The summed E-state index contributed by atoms with van der Waals surface area (Å²) in [5.41, 5.74) is 3.12. The zero-order chi connectivity index (χ0) is 19.5. The minimum Gasteiger partial charge on any atom is -0.454 e. The highest BCUT2D eigenvalue weighted by atomic mass is 32.1. The molecule has 144 valence electrons. The summed E-state index contributed by atoms with van der Waals surface area (Å²) in [6.45, 7) is 4.22. The summed E-state index contributed by atoms with van der Waals surface area (Å²) in [7, 11) is 0. The van der Waals surface area contributed by atoms with Crippen molar-refractivity contribution in [3.8, 4) is 11.5 Å². The van der Waals surface area contributed by atoms with Crippen LogP contribution in [0.3, 0.4) is 0 Å². The van der Waals surface area contributed by atoms with Crippen molar-refractivity contribution < 1.29 is 19.6 Å². The van der Waals surface area contributed by atoms with Gasteiger partial charge in [-0.2, -0.15) is 0 Å². The summed E-state index contributed by atoms with van der Waals surface area (Å²) in [5.74, 6) is 1.31. The monoisotopic (exact) mass is 395 g/mol. The van der Waals surface area contributed by atoms with Crippen LogP contribution >= 0.6 is 11.3 Å². The Kier molecular flexibility index (Phi) is 5.32. The maximum Gasteiger partial charge on any atom is 0.282 e. The quantitative estimate of drug-likeness (QED) is 0.672. The molecule has 2 heterocycles. The third kappa shape index (κ3) is 4.03. The van der Waals surface area contributed by atoms with Gasteiger partial charge in [0.25, 0.3) is 5.91 Å². The minimum atomic E-state index is -0.265. The van der Waals surface area contributed by atoms with Gasteiger partial charge < -0.3 is 20.1 Å². The third-order valence-electron chi connectivity index (χ3n) is 4.82. The van der Waals surface area contributed by atoms with E-state index in [2.05, 4.69) is 53.3 Å². The zero-order valence-corrected chi connectivity index (χ0v) is 16.7. The first-order valence-corrected chi connectivity index (χ1v) is 10.1. The Hall–Kier alpha value is -2.83. The van der Waals surface area contributed by atoms with Gasteiger partial charge in [0.2, 0.25) is 6.79 Å². The number of thiophene rings is 1. The highest BCUT2D eigenvalue weighted by molar-refractivity contribution is 7.10. The van der Waals surface area contributed by atoms with Gasteiger partial charge in [0.1, 0.15) is 6.04 Å².